The van der Waals surface area contributed by atoms with E-state index in [4.69, 9.17) is 9.47 Å². The molecule has 1 aliphatic carbocycles. The SMILES string of the molecule is COC1CCCC(OC(=O)CC(C)(C)C)C1. The van der Waals surface area contributed by atoms with Crippen LogP contribution >= 0.6 is 0 Å². The van der Waals surface area contributed by atoms with Crippen LogP contribution < -0.4 is 0 Å². The van der Waals surface area contributed by atoms with Crippen molar-refractivity contribution in [2.75, 3.05) is 7.11 Å². The smallest absolute Gasteiger partial charge is 0.306 e. The highest BCUT2D eigenvalue weighted by atomic mass is 16.5. The van der Waals surface area contributed by atoms with Gasteiger partial charge in [-0.15, -0.1) is 0 Å². The number of esters is 1. The zero-order chi connectivity index (χ0) is 12.2. The average Bonchev–Trinajstić information content (AvgIpc) is 2.15. The molecule has 0 aromatic carbocycles. The Morgan fingerprint density at radius 2 is 1.88 bits per heavy atom. The lowest BCUT2D eigenvalue weighted by atomic mass is 9.92. The predicted octanol–water partition coefficient (Wildman–Crippen LogP) is 2.92. The maximum atomic E-state index is 11.7. The first-order valence-electron chi connectivity index (χ1n) is 6.13. The summed E-state index contributed by atoms with van der Waals surface area (Å²) in [6, 6.07) is 0. The van der Waals surface area contributed by atoms with Crippen molar-refractivity contribution in [3.05, 3.63) is 0 Å². The number of hydrogen-bond acceptors (Lipinski definition) is 3. The van der Waals surface area contributed by atoms with Gasteiger partial charge in [-0.25, -0.2) is 0 Å². The van der Waals surface area contributed by atoms with Crippen molar-refractivity contribution in [1.29, 1.82) is 0 Å². The molecule has 0 aliphatic heterocycles. The second-order valence-corrected chi connectivity index (χ2v) is 5.87. The van der Waals surface area contributed by atoms with Gasteiger partial charge in [0, 0.05) is 13.5 Å². The van der Waals surface area contributed by atoms with E-state index < -0.39 is 0 Å². The Hall–Kier alpha value is -0.570. The van der Waals surface area contributed by atoms with E-state index in [1.165, 1.54) is 0 Å². The van der Waals surface area contributed by atoms with Crippen molar-refractivity contribution in [2.45, 2.75) is 65.1 Å². The van der Waals surface area contributed by atoms with Crippen molar-refractivity contribution in [3.63, 3.8) is 0 Å². The van der Waals surface area contributed by atoms with Crippen LogP contribution in [-0.2, 0) is 14.3 Å². The van der Waals surface area contributed by atoms with Crippen LogP contribution in [0.4, 0.5) is 0 Å². The highest BCUT2D eigenvalue weighted by Crippen LogP contribution is 2.25. The Bertz CT molecular complexity index is 230. The minimum atomic E-state index is -0.0748. The van der Waals surface area contributed by atoms with Crippen LogP contribution in [0, 0.1) is 5.41 Å². The minimum Gasteiger partial charge on any atom is -0.462 e. The third-order valence-electron chi connectivity index (χ3n) is 2.88. The van der Waals surface area contributed by atoms with Crippen LogP contribution in [0.15, 0.2) is 0 Å². The summed E-state index contributed by atoms with van der Waals surface area (Å²) in [5.74, 6) is -0.0748. The molecule has 0 saturated heterocycles. The standard InChI is InChI=1S/C13H24O3/c1-13(2,3)9-12(14)16-11-7-5-6-10(8-11)15-4/h10-11H,5-9H2,1-4H3. The molecule has 0 spiro atoms. The van der Waals surface area contributed by atoms with Crippen LogP contribution in [0.2, 0.25) is 0 Å². The normalized spacial score (nSPS) is 26.5. The predicted molar refractivity (Wildman–Crippen MR) is 63.2 cm³/mol. The zero-order valence-electron chi connectivity index (χ0n) is 10.9. The van der Waals surface area contributed by atoms with Gasteiger partial charge in [0.15, 0.2) is 0 Å². The average molecular weight is 228 g/mol. The van der Waals surface area contributed by atoms with Crippen LogP contribution in [0.1, 0.15) is 52.9 Å². The van der Waals surface area contributed by atoms with E-state index in [-0.39, 0.29) is 23.6 Å². The van der Waals surface area contributed by atoms with E-state index in [1.54, 1.807) is 7.11 Å². The molecule has 2 atom stereocenters. The molecule has 0 radical (unpaired) electrons. The van der Waals surface area contributed by atoms with Gasteiger partial charge in [-0.2, -0.15) is 0 Å². The summed E-state index contributed by atoms with van der Waals surface area (Å²) >= 11 is 0. The lowest BCUT2D eigenvalue weighted by molar-refractivity contribution is -0.154. The minimum absolute atomic E-state index is 0.00636. The topological polar surface area (TPSA) is 35.5 Å². The quantitative estimate of drug-likeness (QED) is 0.697. The van der Waals surface area contributed by atoms with Crippen LogP contribution in [-0.4, -0.2) is 25.3 Å². The van der Waals surface area contributed by atoms with Gasteiger partial charge in [0.2, 0.25) is 0 Å². The highest BCUT2D eigenvalue weighted by Gasteiger charge is 2.26. The molecule has 3 nitrogen and oxygen atoms in total. The molecule has 0 heterocycles. The molecule has 3 heteroatoms. The van der Waals surface area contributed by atoms with Gasteiger partial charge >= 0.3 is 5.97 Å². The van der Waals surface area contributed by atoms with Gasteiger partial charge in [0.25, 0.3) is 0 Å². The van der Waals surface area contributed by atoms with E-state index in [2.05, 4.69) is 0 Å². The molecule has 0 bridgehead atoms. The zero-order valence-corrected chi connectivity index (χ0v) is 10.9. The van der Waals surface area contributed by atoms with Gasteiger partial charge < -0.3 is 9.47 Å². The van der Waals surface area contributed by atoms with E-state index in [0.29, 0.717) is 6.42 Å². The van der Waals surface area contributed by atoms with E-state index in [9.17, 15) is 4.79 Å². The monoisotopic (exact) mass is 228 g/mol. The lowest BCUT2D eigenvalue weighted by Crippen LogP contribution is -2.30. The Kier molecular flexibility index (Phi) is 4.78. The summed E-state index contributed by atoms with van der Waals surface area (Å²) in [4.78, 5) is 11.7. The second kappa shape index (κ2) is 5.67. The number of carbonyl (C=O) groups excluding carboxylic acids is 1. The molecule has 94 valence electrons. The summed E-state index contributed by atoms with van der Waals surface area (Å²) < 4.78 is 10.8. The third-order valence-corrected chi connectivity index (χ3v) is 2.88. The summed E-state index contributed by atoms with van der Waals surface area (Å²) in [5.41, 5.74) is 0.00636. The first-order valence-corrected chi connectivity index (χ1v) is 6.13. The Balaban J connectivity index is 2.33. The largest absolute Gasteiger partial charge is 0.462 e. The van der Waals surface area contributed by atoms with Gasteiger partial charge in [-0.05, 0) is 24.7 Å². The molecule has 1 rings (SSSR count). The van der Waals surface area contributed by atoms with E-state index in [0.717, 1.165) is 25.7 Å². The number of methoxy groups -OCH3 is 1. The fourth-order valence-electron chi connectivity index (χ4n) is 2.08. The maximum Gasteiger partial charge on any atom is 0.306 e. The van der Waals surface area contributed by atoms with Crippen molar-refractivity contribution in [3.8, 4) is 0 Å². The number of rotatable bonds is 3. The van der Waals surface area contributed by atoms with Crippen LogP contribution in [0.25, 0.3) is 0 Å². The maximum absolute atomic E-state index is 11.7. The fraction of sp³-hybridized carbons (Fsp3) is 0.923. The molecular weight excluding hydrogens is 204 g/mol. The second-order valence-electron chi connectivity index (χ2n) is 5.87. The molecule has 0 N–H and O–H groups in total. The van der Waals surface area contributed by atoms with Crippen molar-refractivity contribution in [1.82, 2.24) is 0 Å². The third kappa shape index (κ3) is 4.97. The number of hydrogen-bond donors (Lipinski definition) is 0. The molecule has 0 aromatic heterocycles. The van der Waals surface area contributed by atoms with Crippen LogP contribution in [0.3, 0.4) is 0 Å². The molecule has 0 aromatic rings. The fourth-order valence-corrected chi connectivity index (χ4v) is 2.08. The number of carbonyl (C=O) groups is 1. The summed E-state index contributed by atoms with van der Waals surface area (Å²) in [6.45, 7) is 6.15. The molecular formula is C13H24O3. The van der Waals surface area contributed by atoms with Gasteiger partial charge in [0.05, 0.1) is 12.5 Å². The molecule has 16 heavy (non-hydrogen) atoms. The van der Waals surface area contributed by atoms with E-state index >= 15 is 0 Å². The number of ether oxygens (including phenoxy) is 2. The summed E-state index contributed by atoms with van der Waals surface area (Å²) in [7, 11) is 1.73. The van der Waals surface area contributed by atoms with Crippen molar-refractivity contribution >= 4 is 5.97 Å². The Morgan fingerprint density at radius 1 is 1.25 bits per heavy atom. The highest BCUT2D eigenvalue weighted by molar-refractivity contribution is 5.70. The molecule has 0 amide bonds. The van der Waals surface area contributed by atoms with Crippen LogP contribution in [0.5, 0.6) is 0 Å². The van der Waals surface area contributed by atoms with Crippen molar-refractivity contribution < 1.29 is 14.3 Å². The Labute approximate surface area is 98.5 Å². The molecule has 1 fully saturated rings. The Morgan fingerprint density at radius 3 is 2.44 bits per heavy atom. The summed E-state index contributed by atoms with van der Waals surface area (Å²) in [6.07, 6.45) is 4.83. The van der Waals surface area contributed by atoms with Crippen molar-refractivity contribution in [2.24, 2.45) is 5.41 Å². The van der Waals surface area contributed by atoms with Gasteiger partial charge in [-0.3, -0.25) is 4.79 Å². The van der Waals surface area contributed by atoms with Gasteiger partial charge in [-0.1, -0.05) is 20.8 Å². The molecule has 1 aliphatic rings. The summed E-state index contributed by atoms with van der Waals surface area (Å²) in [5, 5.41) is 0. The molecule has 1 saturated carbocycles. The lowest BCUT2D eigenvalue weighted by Gasteiger charge is -2.28. The van der Waals surface area contributed by atoms with E-state index in [1.807, 2.05) is 20.8 Å². The molecule has 2 unspecified atom stereocenters. The van der Waals surface area contributed by atoms with Gasteiger partial charge in [0.1, 0.15) is 6.10 Å². The first-order chi connectivity index (χ1) is 7.40. The first kappa shape index (κ1) is 13.5.